The van der Waals surface area contributed by atoms with Crippen molar-refractivity contribution in [1.29, 1.82) is 0 Å². The van der Waals surface area contributed by atoms with Crippen LogP contribution >= 0.6 is 11.6 Å². The van der Waals surface area contributed by atoms with E-state index in [1.54, 1.807) is 29.2 Å². The lowest BCUT2D eigenvalue weighted by Gasteiger charge is -2.34. The summed E-state index contributed by atoms with van der Waals surface area (Å²) >= 11 is 5.86. The van der Waals surface area contributed by atoms with E-state index < -0.39 is 0 Å². The minimum atomic E-state index is -0.170. The second-order valence-corrected chi connectivity index (χ2v) is 5.60. The molecule has 0 unspecified atom stereocenters. The number of fused-ring (bicyclic) bond motifs is 1. The number of carbonyl (C=O) groups is 1. The van der Waals surface area contributed by atoms with Crippen LogP contribution in [0.25, 0.3) is 0 Å². The van der Waals surface area contributed by atoms with Gasteiger partial charge in [0.2, 0.25) is 0 Å². The highest BCUT2D eigenvalue weighted by molar-refractivity contribution is 6.30. The summed E-state index contributed by atoms with van der Waals surface area (Å²) in [5.41, 5.74) is 1.50. The van der Waals surface area contributed by atoms with Crippen molar-refractivity contribution in [3.63, 3.8) is 0 Å². The molecule has 3 rings (SSSR count). The number of nitrogens with zero attached hydrogens (tertiary/aromatic N) is 1. The van der Waals surface area contributed by atoms with Crippen molar-refractivity contribution in [2.24, 2.45) is 0 Å². The van der Waals surface area contributed by atoms with E-state index in [1.165, 1.54) is 0 Å². The number of hydrogen-bond acceptors (Lipinski definition) is 2. The Hall–Kier alpha value is -2.20. The lowest BCUT2D eigenvalue weighted by Crippen LogP contribution is -2.45. The van der Waals surface area contributed by atoms with Gasteiger partial charge < -0.3 is 10.1 Å². The molecule has 0 spiro atoms. The number of urea groups is 1. The Morgan fingerprint density at radius 1 is 1.27 bits per heavy atom. The van der Waals surface area contributed by atoms with Crippen LogP contribution in [-0.2, 0) is 0 Å². The van der Waals surface area contributed by atoms with Gasteiger partial charge in [-0.2, -0.15) is 0 Å². The van der Waals surface area contributed by atoms with Crippen molar-refractivity contribution >= 4 is 29.0 Å². The fraction of sp³-hybridized carbons (Fsp3) is 0.235. The minimum Gasteiger partial charge on any atom is -0.486 e. The first-order chi connectivity index (χ1) is 10.7. The highest BCUT2D eigenvalue weighted by atomic mass is 35.5. The zero-order valence-electron chi connectivity index (χ0n) is 12.3. The van der Waals surface area contributed by atoms with E-state index in [-0.39, 0.29) is 12.1 Å². The van der Waals surface area contributed by atoms with E-state index >= 15 is 0 Å². The molecule has 0 saturated heterocycles. The number of hydrogen-bond donors (Lipinski definition) is 1. The molecule has 0 bridgehead atoms. The Labute approximate surface area is 134 Å². The molecule has 0 aromatic heterocycles. The number of halogens is 1. The predicted octanol–water partition coefficient (Wildman–Crippen LogP) is 4.55. The molecular formula is C17H17ClN2O2. The number of amides is 2. The van der Waals surface area contributed by atoms with Crippen molar-refractivity contribution in [2.45, 2.75) is 19.4 Å². The molecule has 4 nitrogen and oxygen atoms in total. The smallest absolute Gasteiger partial charge is 0.326 e. The summed E-state index contributed by atoms with van der Waals surface area (Å²) in [4.78, 5) is 14.3. The van der Waals surface area contributed by atoms with Gasteiger partial charge in [-0.3, -0.25) is 4.90 Å². The standard InChI is InChI=1S/C17H17ClN2O2/c1-2-14-11-20(15-5-3-4-6-16(15)22-14)17(21)19-13-9-7-12(18)8-10-13/h3-10,14H,2,11H2,1H3,(H,19,21)/t14-/m1/s1. The SMILES string of the molecule is CC[C@@H]1CN(C(=O)Nc2ccc(Cl)cc2)c2ccccc2O1. The van der Waals surface area contributed by atoms with Crippen molar-refractivity contribution in [2.75, 3.05) is 16.8 Å². The first-order valence-electron chi connectivity index (χ1n) is 7.27. The fourth-order valence-corrected chi connectivity index (χ4v) is 2.55. The Morgan fingerprint density at radius 2 is 2.00 bits per heavy atom. The normalized spacial score (nSPS) is 16.6. The summed E-state index contributed by atoms with van der Waals surface area (Å²) in [7, 11) is 0. The maximum absolute atomic E-state index is 12.6. The molecule has 0 radical (unpaired) electrons. The van der Waals surface area contributed by atoms with Crippen molar-refractivity contribution in [3.05, 3.63) is 53.6 Å². The number of para-hydroxylation sites is 2. The molecule has 0 saturated carbocycles. The quantitative estimate of drug-likeness (QED) is 0.883. The van der Waals surface area contributed by atoms with Crippen molar-refractivity contribution in [3.8, 4) is 5.75 Å². The highest BCUT2D eigenvalue weighted by Crippen LogP contribution is 2.34. The molecule has 114 valence electrons. The average Bonchev–Trinajstić information content (AvgIpc) is 2.55. The second kappa shape index (κ2) is 6.28. The summed E-state index contributed by atoms with van der Waals surface area (Å²) in [6, 6.07) is 14.5. The van der Waals surface area contributed by atoms with Crippen LogP contribution < -0.4 is 15.0 Å². The molecule has 1 atom stereocenters. The summed E-state index contributed by atoms with van der Waals surface area (Å²) in [6.45, 7) is 2.58. The Morgan fingerprint density at radius 3 is 2.73 bits per heavy atom. The number of benzene rings is 2. The summed E-state index contributed by atoms with van der Waals surface area (Å²) in [5, 5.41) is 3.54. The third-order valence-corrected chi connectivity index (χ3v) is 3.88. The third kappa shape index (κ3) is 3.02. The number of nitrogens with one attached hydrogen (secondary N) is 1. The Bertz CT molecular complexity index is 673. The van der Waals surface area contributed by atoms with E-state index in [0.29, 0.717) is 17.3 Å². The maximum atomic E-state index is 12.6. The fourth-order valence-electron chi connectivity index (χ4n) is 2.43. The maximum Gasteiger partial charge on any atom is 0.326 e. The van der Waals surface area contributed by atoms with E-state index in [1.807, 2.05) is 31.2 Å². The number of anilines is 2. The predicted molar refractivity (Wildman–Crippen MR) is 89.0 cm³/mol. The monoisotopic (exact) mass is 316 g/mol. The molecule has 5 heteroatoms. The third-order valence-electron chi connectivity index (χ3n) is 3.63. The first-order valence-corrected chi connectivity index (χ1v) is 7.65. The summed E-state index contributed by atoms with van der Waals surface area (Å²) in [5.74, 6) is 0.742. The molecule has 1 heterocycles. The molecule has 2 amide bonds. The van der Waals surface area contributed by atoms with Gasteiger partial charge in [-0.05, 0) is 42.8 Å². The van der Waals surface area contributed by atoms with Gasteiger partial charge in [0.1, 0.15) is 11.9 Å². The van der Waals surface area contributed by atoms with Gasteiger partial charge >= 0.3 is 6.03 Å². The molecule has 0 aliphatic carbocycles. The van der Waals surface area contributed by atoms with Crippen LogP contribution in [0.2, 0.25) is 5.02 Å². The lowest BCUT2D eigenvalue weighted by atomic mass is 10.1. The Kier molecular flexibility index (Phi) is 4.20. The van der Waals surface area contributed by atoms with Crippen LogP contribution in [0.15, 0.2) is 48.5 Å². The number of ether oxygens (including phenoxy) is 1. The number of rotatable bonds is 2. The van der Waals surface area contributed by atoms with Gasteiger partial charge in [-0.1, -0.05) is 30.7 Å². The topological polar surface area (TPSA) is 41.6 Å². The van der Waals surface area contributed by atoms with Crippen LogP contribution in [0, 0.1) is 0 Å². The molecule has 2 aromatic rings. The molecule has 22 heavy (non-hydrogen) atoms. The van der Waals surface area contributed by atoms with Gasteiger partial charge in [0.05, 0.1) is 12.2 Å². The zero-order chi connectivity index (χ0) is 15.5. The van der Waals surface area contributed by atoms with Gasteiger partial charge in [0.25, 0.3) is 0 Å². The minimum absolute atomic E-state index is 0.00543. The summed E-state index contributed by atoms with van der Waals surface area (Å²) in [6.07, 6.45) is 0.852. The second-order valence-electron chi connectivity index (χ2n) is 5.16. The highest BCUT2D eigenvalue weighted by Gasteiger charge is 2.28. The molecular weight excluding hydrogens is 300 g/mol. The van der Waals surface area contributed by atoms with Gasteiger partial charge in [-0.25, -0.2) is 4.79 Å². The van der Waals surface area contributed by atoms with Crippen LogP contribution in [-0.4, -0.2) is 18.7 Å². The van der Waals surface area contributed by atoms with Gasteiger partial charge in [0.15, 0.2) is 0 Å². The number of carbonyl (C=O) groups excluding carboxylic acids is 1. The first kappa shape index (κ1) is 14.7. The molecule has 1 aliphatic rings. The van der Waals surface area contributed by atoms with E-state index in [0.717, 1.165) is 17.9 Å². The van der Waals surface area contributed by atoms with Crippen LogP contribution in [0.3, 0.4) is 0 Å². The van der Waals surface area contributed by atoms with Gasteiger partial charge in [-0.15, -0.1) is 0 Å². The van der Waals surface area contributed by atoms with Crippen LogP contribution in [0.1, 0.15) is 13.3 Å². The van der Waals surface area contributed by atoms with E-state index in [4.69, 9.17) is 16.3 Å². The van der Waals surface area contributed by atoms with Crippen LogP contribution in [0.4, 0.5) is 16.2 Å². The van der Waals surface area contributed by atoms with Crippen molar-refractivity contribution in [1.82, 2.24) is 0 Å². The van der Waals surface area contributed by atoms with Crippen molar-refractivity contribution < 1.29 is 9.53 Å². The van der Waals surface area contributed by atoms with E-state index in [2.05, 4.69) is 5.32 Å². The lowest BCUT2D eigenvalue weighted by molar-refractivity contribution is 0.188. The molecule has 1 N–H and O–H groups in total. The van der Waals surface area contributed by atoms with E-state index in [9.17, 15) is 4.79 Å². The Balaban J connectivity index is 1.83. The molecule has 2 aromatic carbocycles. The summed E-state index contributed by atoms with van der Waals surface area (Å²) < 4.78 is 5.89. The van der Waals surface area contributed by atoms with Crippen LogP contribution in [0.5, 0.6) is 5.75 Å². The largest absolute Gasteiger partial charge is 0.486 e. The average molecular weight is 317 g/mol. The zero-order valence-corrected chi connectivity index (χ0v) is 13.0. The van der Waals surface area contributed by atoms with Gasteiger partial charge in [0, 0.05) is 10.7 Å². The molecule has 1 aliphatic heterocycles. The molecule has 0 fully saturated rings.